The molecule has 4 N–H and O–H groups in total. The van der Waals surface area contributed by atoms with Crippen LogP contribution in [0.4, 0.5) is 8.78 Å². The summed E-state index contributed by atoms with van der Waals surface area (Å²) in [7, 11) is 0. The Hall–Kier alpha value is -2.61. The molecule has 1 aromatic carbocycles. The molecule has 1 aromatic rings. The molecule has 0 saturated carbocycles. The number of hydrogen-bond donors (Lipinski definition) is 3. The molecule has 3 atom stereocenters. The topological polar surface area (TPSA) is 68.9 Å². The van der Waals surface area contributed by atoms with Gasteiger partial charge in [0.05, 0.1) is 0 Å². The Kier molecular flexibility index (Phi) is 3.61. The summed E-state index contributed by atoms with van der Waals surface area (Å²) >= 11 is 0. The summed E-state index contributed by atoms with van der Waals surface area (Å²) in [6.45, 7) is 0. The van der Waals surface area contributed by atoms with Gasteiger partial charge in [-0.25, -0.2) is 8.78 Å². The summed E-state index contributed by atoms with van der Waals surface area (Å²) in [6.07, 6.45) is 8.48. The molecular formula is C16H18F2N6. The summed E-state index contributed by atoms with van der Waals surface area (Å²) in [5, 5.41) is 7.61. The predicted octanol–water partition coefficient (Wildman–Crippen LogP) is 0.957. The van der Waals surface area contributed by atoms with Crippen molar-refractivity contribution in [2.45, 2.75) is 31.2 Å². The maximum atomic E-state index is 13.8. The molecule has 4 rings (SSSR count). The van der Waals surface area contributed by atoms with Crippen molar-refractivity contribution in [3.05, 3.63) is 60.2 Å². The van der Waals surface area contributed by atoms with Crippen molar-refractivity contribution in [3.8, 4) is 0 Å². The van der Waals surface area contributed by atoms with E-state index >= 15 is 0 Å². The third-order valence-electron chi connectivity index (χ3n) is 4.39. The third-order valence-corrected chi connectivity index (χ3v) is 4.39. The van der Waals surface area contributed by atoms with Gasteiger partial charge in [-0.05, 0) is 30.2 Å². The van der Waals surface area contributed by atoms with E-state index < -0.39 is 11.6 Å². The first-order valence-corrected chi connectivity index (χ1v) is 7.80. The molecule has 0 aromatic heterocycles. The highest BCUT2D eigenvalue weighted by molar-refractivity contribution is 5.85. The lowest BCUT2D eigenvalue weighted by Crippen LogP contribution is -2.57. The molecule has 0 spiro atoms. The number of fused-ring (bicyclic) bond motifs is 3. The smallest absolute Gasteiger partial charge is 0.159 e. The van der Waals surface area contributed by atoms with Gasteiger partial charge in [0.1, 0.15) is 23.6 Å². The maximum Gasteiger partial charge on any atom is 0.159 e. The molecule has 0 aliphatic carbocycles. The van der Waals surface area contributed by atoms with E-state index in [1.807, 2.05) is 29.7 Å². The Morgan fingerprint density at radius 3 is 2.92 bits per heavy atom. The molecule has 0 bridgehead atoms. The summed E-state index contributed by atoms with van der Waals surface area (Å²) in [5.74, 6) is -0.114. The Labute approximate surface area is 138 Å². The van der Waals surface area contributed by atoms with Crippen molar-refractivity contribution >= 4 is 5.84 Å². The van der Waals surface area contributed by atoms with Gasteiger partial charge in [0, 0.05) is 37.3 Å². The summed E-state index contributed by atoms with van der Waals surface area (Å²) in [5.41, 5.74) is 9.53. The number of benzene rings is 1. The van der Waals surface area contributed by atoms with Gasteiger partial charge < -0.3 is 20.9 Å². The third kappa shape index (κ3) is 2.58. The van der Waals surface area contributed by atoms with Crippen LogP contribution in [0.25, 0.3) is 0 Å². The molecule has 0 fully saturated rings. The number of hydrogen-bond acceptors (Lipinski definition) is 6. The van der Waals surface area contributed by atoms with E-state index in [0.717, 1.165) is 18.0 Å². The van der Waals surface area contributed by atoms with Crippen LogP contribution in [0.1, 0.15) is 12.0 Å². The first-order chi connectivity index (χ1) is 11.6. The Balaban J connectivity index is 1.42. The number of amidine groups is 1. The number of hydrazone groups is 1. The normalized spacial score (nSPS) is 25.0. The van der Waals surface area contributed by atoms with E-state index in [1.54, 1.807) is 0 Å². The minimum atomic E-state index is -0.461. The van der Waals surface area contributed by atoms with Gasteiger partial charge in [0.25, 0.3) is 0 Å². The molecule has 3 heterocycles. The average molecular weight is 332 g/mol. The molecule has 0 saturated heterocycles. The number of nitrogens with zero attached hydrogens (tertiary/aromatic N) is 3. The standard InChI is InChI=1S/C16H18F2N6/c17-11-1-2-13(18)10(7-11)8-12(19)9-14-21-22-16-15-20-3-4-23(15)5-6-24(14)16/h1-7,12,15-16,20,22H,8-9,19H2/t12-,15?,16?/m1/s1. The predicted molar refractivity (Wildman–Crippen MR) is 85.9 cm³/mol. The average Bonchev–Trinajstić information content (AvgIpc) is 3.17. The highest BCUT2D eigenvalue weighted by Crippen LogP contribution is 2.24. The van der Waals surface area contributed by atoms with Gasteiger partial charge in [-0.3, -0.25) is 5.43 Å². The molecule has 3 aliphatic heterocycles. The van der Waals surface area contributed by atoms with Gasteiger partial charge in [-0.2, -0.15) is 5.10 Å². The van der Waals surface area contributed by atoms with Crippen LogP contribution in [0.5, 0.6) is 0 Å². The molecule has 2 unspecified atom stereocenters. The van der Waals surface area contributed by atoms with Gasteiger partial charge in [-0.1, -0.05) is 0 Å². The van der Waals surface area contributed by atoms with Crippen molar-refractivity contribution in [3.63, 3.8) is 0 Å². The monoisotopic (exact) mass is 332 g/mol. The van der Waals surface area contributed by atoms with E-state index in [9.17, 15) is 8.78 Å². The largest absolute Gasteiger partial charge is 0.366 e. The van der Waals surface area contributed by atoms with Crippen molar-refractivity contribution in [1.82, 2.24) is 20.5 Å². The molecule has 24 heavy (non-hydrogen) atoms. The Morgan fingerprint density at radius 1 is 1.17 bits per heavy atom. The second-order valence-corrected chi connectivity index (χ2v) is 6.09. The highest BCUT2D eigenvalue weighted by Gasteiger charge is 2.39. The van der Waals surface area contributed by atoms with Gasteiger partial charge in [-0.15, -0.1) is 0 Å². The number of nitrogens with two attached hydrogens (primary N) is 1. The minimum absolute atomic E-state index is 0.0295. The highest BCUT2D eigenvalue weighted by atomic mass is 19.1. The summed E-state index contributed by atoms with van der Waals surface area (Å²) < 4.78 is 27.0. The molecule has 6 nitrogen and oxygen atoms in total. The van der Waals surface area contributed by atoms with Crippen LogP contribution >= 0.6 is 0 Å². The molecule has 0 radical (unpaired) electrons. The quantitative estimate of drug-likeness (QED) is 0.766. The molecule has 126 valence electrons. The van der Waals surface area contributed by atoms with Crippen LogP contribution in [0.3, 0.4) is 0 Å². The fourth-order valence-electron chi connectivity index (χ4n) is 3.21. The first-order valence-electron chi connectivity index (χ1n) is 7.80. The van der Waals surface area contributed by atoms with Gasteiger partial charge >= 0.3 is 0 Å². The second kappa shape index (κ2) is 5.79. The lowest BCUT2D eigenvalue weighted by molar-refractivity contribution is 0.184. The van der Waals surface area contributed by atoms with Crippen molar-refractivity contribution < 1.29 is 8.78 Å². The summed E-state index contributed by atoms with van der Waals surface area (Å²) in [6, 6.07) is 3.07. The lowest BCUT2D eigenvalue weighted by atomic mass is 10.0. The van der Waals surface area contributed by atoms with Crippen LogP contribution in [0.2, 0.25) is 0 Å². The SMILES string of the molecule is N[C@@H](CC1=NNC2C3NC=CN3C=CN12)Cc1cc(F)ccc1F. The Bertz CT molecular complexity index is 731. The van der Waals surface area contributed by atoms with Crippen molar-refractivity contribution in [1.29, 1.82) is 0 Å². The van der Waals surface area contributed by atoms with E-state index in [-0.39, 0.29) is 30.4 Å². The van der Waals surface area contributed by atoms with Gasteiger partial charge in [0.15, 0.2) is 6.17 Å². The fraction of sp³-hybridized carbons (Fsp3) is 0.312. The second-order valence-electron chi connectivity index (χ2n) is 6.09. The zero-order valence-electron chi connectivity index (χ0n) is 12.9. The van der Waals surface area contributed by atoms with Crippen LogP contribution in [0, 0.1) is 11.6 Å². The Morgan fingerprint density at radius 2 is 2.04 bits per heavy atom. The number of rotatable bonds is 4. The van der Waals surface area contributed by atoms with E-state index in [1.165, 1.54) is 6.07 Å². The number of nitrogens with one attached hydrogen (secondary N) is 2. The van der Waals surface area contributed by atoms with Crippen molar-refractivity contribution in [2.75, 3.05) is 0 Å². The molecule has 8 heteroatoms. The fourth-order valence-corrected chi connectivity index (χ4v) is 3.21. The van der Waals surface area contributed by atoms with Crippen LogP contribution in [-0.4, -0.2) is 34.0 Å². The van der Waals surface area contributed by atoms with Crippen LogP contribution in [0.15, 0.2) is 48.1 Å². The van der Waals surface area contributed by atoms with Gasteiger partial charge in [0.2, 0.25) is 0 Å². The maximum absolute atomic E-state index is 13.8. The van der Waals surface area contributed by atoms with Crippen LogP contribution < -0.4 is 16.5 Å². The minimum Gasteiger partial charge on any atom is -0.366 e. The molecular weight excluding hydrogens is 314 g/mol. The van der Waals surface area contributed by atoms with E-state index in [2.05, 4.69) is 20.7 Å². The van der Waals surface area contributed by atoms with E-state index in [0.29, 0.717) is 6.42 Å². The zero-order valence-corrected chi connectivity index (χ0v) is 12.9. The first kappa shape index (κ1) is 14.9. The lowest BCUT2D eigenvalue weighted by Gasteiger charge is -2.37. The van der Waals surface area contributed by atoms with Crippen molar-refractivity contribution in [2.24, 2.45) is 10.8 Å². The zero-order chi connectivity index (χ0) is 16.7. The van der Waals surface area contributed by atoms with E-state index in [4.69, 9.17) is 5.73 Å². The summed E-state index contributed by atoms with van der Waals surface area (Å²) in [4.78, 5) is 4.07. The molecule has 3 aliphatic rings. The number of halogens is 2. The molecule has 0 amide bonds. The van der Waals surface area contributed by atoms with Crippen LogP contribution in [-0.2, 0) is 6.42 Å².